The van der Waals surface area contributed by atoms with Crippen LogP contribution in [-0.4, -0.2) is 28.7 Å². The van der Waals surface area contributed by atoms with Crippen molar-refractivity contribution in [3.63, 3.8) is 0 Å². The topological polar surface area (TPSA) is 57.5 Å². The molecule has 0 aromatic carbocycles. The van der Waals surface area contributed by atoms with Crippen LogP contribution in [-0.2, 0) is 4.79 Å². The highest BCUT2D eigenvalue weighted by molar-refractivity contribution is 5.99. The molecule has 0 aromatic rings. The molecular formula is C7H10O3. The molecule has 1 aliphatic carbocycles. The van der Waals surface area contributed by atoms with Gasteiger partial charge in [0, 0.05) is 12.0 Å². The summed E-state index contributed by atoms with van der Waals surface area (Å²) in [5.74, 6) is -0.132. The molecular weight excluding hydrogens is 132 g/mol. The highest BCUT2D eigenvalue weighted by Gasteiger charge is 2.26. The van der Waals surface area contributed by atoms with Gasteiger partial charge in [0.15, 0.2) is 5.78 Å². The van der Waals surface area contributed by atoms with Crippen molar-refractivity contribution in [3.8, 4) is 0 Å². The van der Waals surface area contributed by atoms with Crippen molar-refractivity contribution in [2.75, 3.05) is 6.61 Å². The largest absolute Gasteiger partial charge is 0.392 e. The smallest absolute Gasteiger partial charge is 0.164 e. The van der Waals surface area contributed by atoms with Crippen LogP contribution in [0.4, 0.5) is 0 Å². The Labute approximate surface area is 59.0 Å². The van der Waals surface area contributed by atoms with Gasteiger partial charge in [-0.25, -0.2) is 0 Å². The fourth-order valence-corrected chi connectivity index (χ4v) is 1.09. The molecule has 2 N–H and O–H groups in total. The van der Waals surface area contributed by atoms with Crippen molar-refractivity contribution in [1.82, 2.24) is 0 Å². The standard InChI is InChI=1S/C7H10O3/c1-4-5(3-8)7(10)2-6(4)9/h6,8-9H,2-3H2,1H3. The number of hydrogen-bond donors (Lipinski definition) is 2. The Morgan fingerprint density at radius 1 is 1.70 bits per heavy atom. The third-order valence-electron chi connectivity index (χ3n) is 1.85. The minimum Gasteiger partial charge on any atom is -0.392 e. The second-order valence-electron chi connectivity index (χ2n) is 2.46. The van der Waals surface area contributed by atoms with E-state index in [-0.39, 0.29) is 18.8 Å². The zero-order valence-electron chi connectivity index (χ0n) is 5.79. The Balaban J connectivity index is 2.90. The molecule has 0 aromatic heterocycles. The summed E-state index contributed by atoms with van der Waals surface area (Å²) in [6, 6.07) is 0. The van der Waals surface area contributed by atoms with Crippen LogP contribution in [0.5, 0.6) is 0 Å². The number of hydrogen-bond acceptors (Lipinski definition) is 3. The molecule has 1 rings (SSSR count). The molecule has 10 heavy (non-hydrogen) atoms. The van der Waals surface area contributed by atoms with Crippen molar-refractivity contribution in [3.05, 3.63) is 11.1 Å². The lowest BCUT2D eigenvalue weighted by Crippen LogP contribution is -2.03. The number of rotatable bonds is 1. The number of Topliss-reactive ketones (excluding diaryl/α,β-unsaturated/α-hetero) is 1. The summed E-state index contributed by atoms with van der Waals surface area (Å²) in [6.45, 7) is 1.42. The van der Waals surface area contributed by atoms with Crippen LogP contribution in [0.25, 0.3) is 0 Å². The fraction of sp³-hybridized carbons (Fsp3) is 0.571. The maximum atomic E-state index is 10.8. The van der Waals surface area contributed by atoms with Crippen LogP contribution in [0.1, 0.15) is 13.3 Å². The van der Waals surface area contributed by atoms with E-state index in [0.29, 0.717) is 11.1 Å². The molecule has 0 amide bonds. The van der Waals surface area contributed by atoms with Gasteiger partial charge in [0.05, 0.1) is 12.7 Å². The van der Waals surface area contributed by atoms with Crippen molar-refractivity contribution in [1.29, 1.82) is 0 Å². The van der Waals surface area contributed by atoms with Crippen LogP contribution >= 0.6 is 0 Å². The summed E-state index contributed by atoms with van der Waals surface area (Å²) in [7, 11) is 0. The second-order valence-corrected chi connectivity index (χ2v) is 2.46. The van der Waals surface area contributed by atoms with Crippen LogP contribution < -0.4 is 0 Å². The predicted octanol–water partition coefficient (Wildman–Crippen LogP) is -0.371. The maximum Gasteiger partial charge on any atom is 0.164 e. The molecule has 0 radical (unpaired) electrons. The molecule has 3 nitrogen and oxygen atoms in total. The SMILES string of the molecule is CC1=C(CO)C(=O)CC1O. The predicted molar refractivity (Wildman–Crippen MR) is 35.4 cm³/mol. The van der Waals surface area contributed by atoms with Crippen molar-refractivity contribution < 1.29 is 15.0 Å². The van der Waals surface area contributed by atoms with Crippen molar-refractivity contribution in [2.24, 2.45) is 0 Å². The van der Waals surface area contributed by atoms with Crippen LogP contribution in [0.3, 0.4) is 0 Å². The lowest BCUT2D eigenvalue weighted by molar-refractivity contribution is -0.116. The van der Waals surface area contributed by atoms with Gasteiger partial charge in [-0.3, -0.25) is 4.79 Å². The van der Waals surface area contributed by atoms with E-state index < -0.39 is 6.10 Å². The summed E-state index contributed by atoms with van der Waals surface area (Å²) >= 11 is 0. The van der Waals surface area contributed by atoms with Gasteiger partial charge in [0.25, 0.3) is 0 Å². The van der Waals surface area contributed by atoms with Gasteiger partial charge in [0.1, 0.15) is 0 Å². The molecule has 0 fully saturated rings. The Hall–Kier alpha value is -0.670. The number of carbonyl (C=O) groups excluding carboxylic acids is 1. The van der Waals surface area contributed by atoms with Gasteiger partial charge in [-0.05, 0) is 12.5 Å². The second kappa shape index (κ2) is 2.52. The van der Waals surface area contributed by atoms with E-state index in [1.807, 2.05) is 0 Å². The molecule has 0 saturated carbocycles. The molecule has 1 aliphatic rings. The van der Waals surface area contributed by atoms with E-state index in [2.05, 4.69) is 0 Å². The minimum atomic E-state index is -0.658. The summed E-state index contributed by atoms with van der Waals surface area (Å²) in [6.07, 6.45) is -0.517. The maximum absolute atomic E-state index is 10.8. The minimum absolute atomic E-state index is 0.132. The third-order valence-corrected chi connectivity index (χ3v) is 1.85. The molecule has 3 heteroatoms. The van der Waals surface area contributed by atoms with E-state index in [4.69, 9.17) is 10.2 Å². The molecule has 1 unspecified atom stereocenters. The number of ketones is 1. The molecule has 0 spiro atoms. The Kier molecular flexibility index (Phi) is 1.87. The van der Waals surface area contributed by atoms with Crippen molar-refractivity contribution >= 4 is 5.78 Å². The van der Waals surface area contributed by atoms with E-state index in [0.717, 1.165) is 0 Å². The van der Waals surface area contributed by atoms with E-state index in [9.17, 15) is 4.79 Å². The first-order valence-corrected chi connectivity index (χ1v) is 3.18. The number of aliphatic hydroxyl groups is 2. The van der Waals surface area contributed by atoms with Gasteiger partial charge < -0.3 is 10.2 Å². The lowest BCUT2D eigenvalue weighted by atomic mass is 10.2. The van der Waals surface area contributed by atoms with Gasteiger partial charge in [0.2, 0.25) is 0 Å². The van der Waals surface area contributed by atoms with Gasteiger partial charge in [-0.2, -0.15) is 0 Å². The first-order valence-electron chi connectivity index (χ1n) is 3.18. The highest BCUT2D eigenvalue weighted by Crippen LogP contribution is 2.21. The first-order chi connectivity index (χ1) is 4.66. The zero-order chi connectivity index (χ0) is 7.72. The molecule has 1 atom stereocenters. The third kappa shape index (κ3) is 0.978. The molecule has 0 saturated heterocycles. The molecule has 0 bridgehead atoms. The fourth-order valence-electron chi connectivity index (χ4n) is 1.09. The molecule has 0 aliphatic heterocycles. The lowest BCUT2D eigenvalue weighted by Gasteiger charge is -1.98. The van der Waals surface area contributed by atoms with E-state index in [1.165, 1.54) is 0 Å². The Morgan fingerprint density at radius 2 is 2.30 bits per heavy atom. The number of aliphatic hydroxyl groups excluding tert-OH is 2. The summed E-state index contributed by atoms with van der Waals surface area (Å²) < 4.78 is 0. The number of carbonyl (C=O) groups is 1. The van der Waals surface area contributed by atoms with E-state index in [1.54, 1.807) is 6.92 Å². The average molecular weight is 142 g/mol. The normalized spacial score (nSPS) is 26.3. The van der Waals surface area contributed by atoms with Crippen molar-refractivity contribution in [2.45, 2.75) is 19.4 Å². The summed E-state index contributed by atoms with van der Waals surface area (Å²) in [4.78, 5) is 10.8. The average Bonchev–Trinajstić information content (AvgIpc) is 2.09. The first kappa shape index (κ1) is 7.44. The van der Waals surface area contributed by atoms with Crippen LogP contribution in [0.15, 0.2) is 11.1 Å². The van der Waals surface area contributed by atoms with Gasteiger partial charge in [-0.1, -0.05) is 0 Å². The van der Waals surface area contributed by atoms with Crippen LogP contribution in [0, 0.1) is 0 Å². The quantitative estimate of drug-likeness (QED) is 0.525. The monoisotopic (exact) mass is 142 g/mol. The van der Waals surface area contributed by atoms with Gasteiger partial charge >= 0.3 is 0 Å². The van der Waals surface area contributed by atoms with E-state index >= 15 is 0 Å². The summed E-state index contributed by atoms with van der Waals surface area (Å²) in [5.41, 5.74) is 1.00. The highest BCUT2D eigenvalue weighted by atomic mass is 16.3. The molecule has 56 valence electrons. The zero-order valence-corrected chi connectivity index (χ0v) is 5.79. The summed E-state index contributed by atoms with van der Waals surface area (Å²) in [5, 5.41) is 17.7. The molecule has 0 heterocycles. The Bertz CT molecular complexity index is 193. The van der Waals surface area contributed by atoms with Gasteiger partial charge in [-0.15, -0.1) is 0 Å². The Morgan fingerprint density at radius 3 is 2.50 bits per heavy atom. The van der Waals surface area contributed by atoms with Crippen LogP contribution in [0.2, 0.25) is 0 Å².